The van der Waals surface area contributed by atoms with Crippen LogP contribution < -0.4 is 9.80 Å². The molecule has 0 saturated carbocycles. The van der Waals surface area contributed by atoms with E-state index in [4.69, 9.17) is 0 Å². The van der Waals surface area contributed by atoms with Gasteiger partial charge in [-0.05, 0) is 189 Å². The van der Waals surface area contributed by atoms with Gasteiger partial charge in [-0.15, -0.1) is 0 Å². The van der Waals surface area contributed by atoms with E-state index in [-0.39, 0.29) is 5.41 Å². The molecule has 0 fully saturated rings. The molecule has 10 aromatic carbocycles. The highest BCUT2D eigenvalue weighted by molar-refractivity contribution is 5.92. The lowest BCUT2D eigenvalue weighted by Gasteiger charge is -2.29. The Balaban J connectivity index is 0.843. The Morgan fingerprint density at radius 3 is 1.25 bits per heavy atom. The van der Waals surface area contributed by atoms with Crippen molar-refractivity contribution in [3.63, 3.8) is 0 Å². The smallest absolute Gasteiger partial charge is 0.0468 e. The van der Waals surface area contributed by atoms with Gasteiger partial charge in [0, 0.05) is 39.5 Å². The number of hydrogen-bond acceptors (Lipinski definition) is 2. The fourth-order valence-corrected chi connectivity index (χ4v) is 10.0. The molecule has 0 unspecified atom stereocenters. The zero-order valence-electron chi connectivity index (χ0n) is 39.2. The van der Waals surface area contributed by atoms with Crippen LogP contribution in [-0.4, -0.2) is 0 Å². The molecule has 0 saturated heterocycles. The second kappa shape index (κ2) is 16.8. The lowest BCUT2D eigenvalue weighted by atomic mass is 9.81. The number of hydrogen-bond donors (Lipinski definition) is 0. The molecule has 1 aliphatic carbocycles. The van der Waals surface area contributed by atoms with Crippen LogP contribution in [0.3, 0.4) is 0 Å². The molecule has 0 bridgehead atoms. The Kier molecular flexibility index (Phi) is 10.5. The van der Waals surface area contributed by atoms with Gasteiger partial charge in [0.05, 0.1) is 0 Å². The van der Waals surface area contributed by atoms with E-state index in [0.29, 0.717) is 0 Å². The summed E-state index contributed by atoms with van der Waals surface area (Å²) in [7, 11) is 0. The van der Waals surface area contributed by atoms with Crippen LogP contribution in [0.15, 0.2) is 206 Å². The van der Waals surface area contributed by atoms with Gasteiger partial charge >= 0.3 is 0 Å². The normalized spacial score (nSPS) is 12.7. The zero-order valence-corrected chi connectivity index (χ0v) is 39.2. The first-order valence-corrected chi connectivity index (χ1v) is 23.5. The van der Waals surface area contributed by atoms with Crippen LogP contribution in [0.2, 0.25) is 0 Å². The first-order valence-electron chi connectivity index (χ1n) is 23.5. The van der Waals surface area contributed by atoms with Gasteiger partial charge in [0.15, 0.2) is 0 Å². The Morgan fingerprint density at radius 2 is 0.701 bits per heavy atom. The molecule has 0 atom stereocenters. The van der Waals surface area contributed by atoms with Gasteiger partial charge in [0.2, 0.25) is 0 Å². The molecular weight excluding hydrogens is 809 g/mol. The standard InChI is InChI=1S/C65H54N2/c1-43-15-28-56(37-45(43)3)66(58-32-26-49-11-7-9-13-53(49)40-58)55-30-24-52(25-31-55)51-22-19-47(20-23-51)17-18-48-21-35-61-62-36-34-60(42-64(62)65(5,6)63(61)39-48)67(57-29-16-44(2)46(4)38-57)59-33-27-50-12-8-10-14-54(50)41-59/h7-42H,1-6H3. The number of anilines is 6. The van der Waals surface area contributed by atoms with Crippen molar-refractivity contribution in [2.75, 3.05) is 9.80 Å². The van der Waals surface area contributed by atoms with E-state index >= 15 is 0 Å². The van der Waals surface area contributed by atoms with E-state index in [2.05, 4.69) is 270 Å². The molecule has 0 amide bonds. The highest BCUT2D eigenvalue weighted by atomic mass is 15.1. The summed E-state index contributed by atoms with van der Waals surface area (Å²) in [5.74, 6) is 0. The number of rotatable bonds is 9. The van der Waals surface area contributed by atoms with E-state index in [1.54, 1.807) is 0 Å². The third-order valence-electron chi connectivity index (χ3n) is 14.3. The molecule has 11 rings (SSSR count). The Bertz CT molecular complexity index is 3540. The van der Waals surface area contributed by atoms with Crippen molar-refractivity contribution >= 4 is 67.8 Å². The molecular formula is C65H54N2. The minimum atomic E-state index is -0.175. The van der Waals surface area contributed by atoms with Crippen molar-refractivity contribution in [1.82, 2.24) is 0 Å². The minimum absolute atomic E-state index is 0.175. The average molecular weight is 863 g/mol. The number of benzene rings is 10. The van der Waals surface area contributed by atoms with Gasteiger partial charge < -0.3 is 9.80 Å². The zero-order chi connectivity index (χ0) is 45.8. The maximum atomic E-state index is 2.43. The maximum absolute atomic E-state index is 2.43. The van der Waals surface area contributed by atoms with Gasteiger partial charge in [-0.25, -0.2) is 0 Å². The van der Waals surface area contributed by atoms with Gasteiger partial charge in [0.25, 0.3) is 0 Å². The topological polar surface area (TPSA) is 6.48 Å². The van der Waals surface area contributed by atoms with Gasteiger partial charge in [-0.3, -0.25) is 0 Å². The van der Waals surface area contributed by atoms with Crippen LogP contribution in [0.1, 0.15) is 58.4 Å². The summed E-state index contributed by atoms with van der Waals surface area (Å²) in [5, 5.41) is 4.95. The fourth-order valence-electron chi connectivity index (χ4n) is 10.0. The second-order valence-corrected chi connectivity index (χ2v) is 18.9. The van der Waals surface area contributed by atoms with E-state index in [1.165, 1.54) is 88.3 Å². The molecule has 2 nitrogen and oxygen atoms in total. The Morgan fingerprint density at radius 1 is 0.313 bits per heavy atom. The number of aryl methyl sites for hydroxylation is 4. The van der Waals surface area contributed by atoms with Crippen molar-refractivity contribution in [3.05, 3.63) is 251 Å². The minimum Gasteiger partial charge on any atom is -0.310 e. The lowest BCUT2D eigenvalue weighted by Crippen LogP contribution is -2.16. The summed E-state index contributed by atoms with van der Waals surface area (Å²) in [4.78, 5) is 4.78. The van der Waals surface area contributed by atoms with Crippen molar-refractivity contribution in [2.24, 2.45) is 0 Å². The second-order valence-electron chi connectivity index (χ2n) is 18.9. The molecule has 10 aromatic rings. The summed E-state index contributed by atoms with van der Waals surface area (Å²) < 4.78 is 0. The van der Waals surface area contributed by atoms with E-state index < -0.39 is 0 Å². The quantitative estimate of drug-likeness (QED) is 0.133. The third-order valence-corrected chi connectivity index (χ3v) is 14.3. The van der Waals surface area contributed by atoms with E-state index in [0.717, 1.165) is 34.1 Å². The third kappa shape index (κ3) is 7.79. The first-order chi connectivity index (χ1) is 32.6. The summed E-state index contributed by atoms with van der Waals surface area (Å²) in [5.41, 5.74) is 22.0. The van der Waals surface area contributed by atoms with Crippen LogP contribution in [0.5, 0.6) is 0 Å². The molecule has 0 aliphatic heterocycles. The van der Waals surface area contributed by atoms with Gasteiger partial charge in [-0.1, -0.05) is 159 Å². The summed E-state index contributed by atoms with van der Waals surface area (Å²) >= 11 is 0. The molecule has 0 aromatic heterocycles. The summed E-state index contributed by atoms with van der Waals surface area (Å²) in [6.45, 7) is 13.5. The monoisotopic (exact) mass is 862 g/mol. The lowest BCUT2D eigenvalue weighted by molar-refractivity contribution is 0.660. The molecule has 0 heterocycles. The molecule has 67 heavy (non-hydrogen) atoms. The maximum Gasteiger partial charge on any atom is 0.0468 e. The number of nitrogens with zero attached hydrogens (tertiary/aromatic N) is 2. The summed E-state index contributed by atoms with van der Waals surface area (Å²) in [6, 6.07) is 76.2. The first kappa shape index (κ1) is 41.7. The van der Waals surface area contributed by atoms with E-state index in [9.17, 15) is 0 Å². The van der Waals surface area contributed by atoms with Crippen LogP contribution in [0.25, 0.3) is 56.0 Å². The molecule has 0 radical (unpaired) electrons. The predicted octanol–water partition coefficient (Wildman–Crippen LogP) is 18.3. The Hall–Kier alpha value is -7.94. The van der Waals surface area contributed by atoms with Crippen molar-refractivity contribution in [3.8, 4) is 22.3 Å². The van der Waals surface area contributed by atoms with Crippen LogP contribution in [-0.2, 0) is 5.41 Å². The van der Waals surface area contributed by atoms with Gasteiger partial charge in [0.1, 0.15) is 0 Å². The van der Waals surface area contributed by atoms with Crippen molar-refractivity contribution in [1.29, 1.82) is 0 Å². The van der Waals surface area contributed by atoms with E-state index in [1.807, 2.05) is 0 Å². The van der Waals surface area contributed by atoms with Crippen LogP contribution >= 0.6 is 0 Å². The predicted molar refractivity (Wildman–Crippen MR) is 288 cm³/mol. The highest BCUT2D eigenvalue weighted by Crippen LogP contribution is 2.51. The van der Waals surface area contributed by atoms with Crippen molar-refractivity contribution < 1.29 is 0 Å². The Labute approximate surface area is 395 Å². The van der Waals surface area contributed by atoms with Crippen molar-refractivity contribution in [2.45, 2.75) is 47.0 Å². The number of fused-ring (bicyclic) bond motifs is 5. The summed E-state index contributed by atoms with van der Waals surface area (Å²) in [6.07, 6.45) is 4.49. The molecule has 0 N–H and O–H groups in total. The van der Waals surface area contributed by atoms with Gasteiger partial charge in [-0.2, -0.15) is 0 Å². The SMILES string of the molecule is Cc1ccc(N(c2ccc(-c3ccc(C=Cc4ccc5c(c4)C(C)(C)c4cc(N(c6ccc(C)c(C)c6)c6ccc7ccccc7c6)ccc4-5)cc3)cc2)c2ccc3ccccc3c2)cc1C. The molecule has 0 spiro atoms. The molecule has 2 heteroatoms. The van der Waals surface area contributed by atoms with Crippen LogP contribution in [0.4, 0.5) is 34.1 Å². The largest absolute Gasteiger partial charge is 0.310 e. The molecule has 324 valence electrons. The van der Waals surface area contributed by atoms with Crippen LogP contribution in [0, 0.1) is 27.7 Å². The fraction of sp³-hybridized carbons (Fsp3) is 0.108. The molecule has 1 aliphatic rings. The average Bonchev–Trinajstić information content (AvgIpc) is 3.58. The highest BCUT2D eigenvalue weighted by Gasteiger charge is 2.36.